The molecule has 0 amide bonds. The quantitative estimate of drug-likeness (QED) is 0.516. The van der Waals surface area contributed by atoms with Crippen molar-refractivity contribution in [2.24, 2.45) is 0 Å². The Morgan fingerprint density at radius 3 is 0.538 bits per heavy atom. The number of hydrogen-bond donors (Lipinski definition) is 3. The Morgan fingerprint density at radius 1 is 0.538 bits per heavy atom. The fraction of sp³-hybridized carbons (Fsp3) is 1.00. The van der Waals surface area contributed by atoms with Crippen LogP contribution in [0.2, 0.25) is 0 Å². The first-order chi connectivity index (χ1) is 5.20. The summed E-state index contributed by atoms with van der Waals surface area (Å²) in [4.78, 5) is 24.4. The van der Waals surface area contributed by atoms with E-state index in [0.29, 0.717) is 0 Å². The zero-order valence-electron chi connectivity index (χ0n) is 9.00. The molecule has 0 aliphatic carbocycles. The first-order valence-corrected chi connectivity index (χ1v) is 9.85. The van der Waals surface area contributed by atoms with Crippen LogP contribution in [-0.2, 0) is 21.1 Å². The van der Waals surface area contributed by atoms with Crippen LogP contribution in [0.4, 0.5) is 0 Å². The summed E-state index contributed by atoms with van der Waals surface area (Å²) in [6, 6.07) is 0. The average Bonchev–Trinajstić information content (AvgIpc) is 1.54. The van der Waals surface area contributed by atoms with Gasteiger partial charge in [0.2, 0.25) is 0 Å². The Bertz CT molecular complexity index is 51.6. The van der Waals surface area contributed by atoms with Gasteiger partial charge in [0, 0.05) is 45.5 Å². The third-order valence-corrected chi connectivity index (χ3v) is 0. The Hall–Kier alpha value is 1.86. The molecule has 88 valence electrons. The molecule has 0 aliphatic rings. The smallest absolute Gasteiger partial charge is 0.0187 e. The largest absolute Gasteiger partial charge is 0.374 e. The molecular formula is C6H21O3P3Pt. The number of hydrogen-bond acceptors (Lipinski definition) is 3. The van der Waals surface area contributed by atoms with Gasteiger partial charge in [-0.05, 0) is 40.0 Å². The molecule has 0 spiro atoms. The van der Waals surface area contributed by atoms with E-state index in [1.54, 1.807) is 40.0 Å². The van der Waals surface area contributed by atoms with E-state index in [1.807, 2.05) is 0 Å². The van der Waals surface area contributed by atoms with Gasteiger partial charge < -0.3 is 14.7 Å². The molecule has 0 radical (unpaired) electrons. The first kappa shape index (κ1) is 24.2. The third kappa shape index (κ3) is 564. The standard InChI is InChI=1S/3C2H7OP.Pt/c3*1-4(2)3;/h3*3H,1-2H3;. The van der Waals surface area contributed by atoms with E-state index in [-0.39, 0.29) is 21.1 Å². The van der Waals surface area contributed by atoms with E-state index in [2.05, 4.69) is 0 Å². The van der Waals surface area contributed by atoms with Gasteiger partial charge in [-0.3, -0.25) is 0 Å². The minimum Gasteiger partial charge on any atom is -0.374 e. The summed E-state index contributed by atoms with van der Waals surface area (Å²) >= 11 is 0. The molecule has 0 aromatic carbocycles. The zero-order chi connectivity index (χ0) is 10.7. The van der Waals surface area contributed by atoms with Crippen molar-refractivity contribution in [2.45, 2.75) is 0 Å². The summed E-state index contributed by atoms with van der Waals surface area (Å²) in [7, 11) is -1.86. The second-order valence-corrected chi connectivity index (χ2v) is 7.62. The van der Waals surface area contributed by atoms with Gasteiger partial charge in [0.05, 0.1) is 0 Å². The van der Waals surface area contributed by atoms with Crippen LogP contribution in [0.25, 0.3) is 0 Å². The third-order valence-electron chi connectivity index (χ3n) is 0. The maximum absolute atomic E-state index is 8.12. The van der Waals surface area contributed by atoms with Crippen LogP contribution in [0.5, 0.6) is 0 Å². The van der Waals surface area contributed by atoms with Crippen molar-refractivity contribution in [3.63, 3.8) is 0 Å². The van der Waals surface area contributed by atoms with E-state index in [4.69, 9.17) is 14.7 Å². The molecule has 3 nitrogen and oxygen atoms in total. The molecule has 0 saturated carbocycles. The van der Waals surface area contributed by atoms with Crippen molar-refractivity contribution in [2.75, 3.05) is 40.0 Å². The molecular weight excluding hydrogens is 408 g/mol. The van der Waals surface area contributed by atoms with E-state index in [9.17, 15) is 0 Å². The predicted molar refractivity (Wildman–Crippen MR) is 63.0 cm³/mol. The van der Waals surface area contributed by atoms with Crippen molar-refractivity contribution < 1.29 is 35.7 Å². The van der Waals surface area contributed by atoms with Gasteiger partial charge >= 0.3 is 0 Å². The fourth-order valence-electron chi connectivity index (χ4n) is 0. The normalized spacial score (nSPS) is 8.31. The molecule has 0 bridgehead atoms. The number of rotatable bonds is 0. The summed E-state index contributed by atoms with van der Waals surface area (Å²) in [5.41, 5.74) is 0. The van der Waals surface area contributed by atoms with Gasteiger partial charge in [-0.1, -0.05) is 0 Å². The summed E-state index contributed by atoms with van der Waals surface area (Å²) in [5.74, 6) is 0. The second kappa shape index (κ2) is 19.4. The molecule has 0 aliphatic heterocycles. The van der Waals surface area contributed by atoms with Gasteiger partial charge in [-0.15, -0.1) is 0 Å². The van der Waals surface area contributed by atoms with E-state index < -0.39 is 24.4 Å². The van der Waals surface area contributed by atoms with Crippen LogP contribution in [0.1, 0.15) is 0 Å². The maximum atomic E-state index is 8.12. The summed E-state index contributed by atoms with van der Waals surface area (Å²) in [6.45, 7) is 10.7. The molecule has 0 aromatic rings. The Balaban J connectivity index is -0.0000000450. The average molecular weight is 429 g/mol. The monoisotopic (exact) mass is 429 g/mol. The van der Waals surface area contributed by atoms with Crippen LogP contribution >= 0.6 is 24.4 Å². The Labute approximate surface area is 100 Å². The summed E-state index contributed by atoms with van der Waals surface area (Å²) in [6.07, 6.45) is 0. The van der Waals surface area contributed by atoms with Crippen molar-refractivity contribution in [1.29, 1.82) is 0 Å². The van der Waals surface area contributed by atoms with Crippen molar-refractivity contribution >= 4 is 24.4 Å². The molecule has 0 unspecified atom stereocenters. The van der Waals surface area contributed by atoms with Crippen LogP contribution in [0.3, 0.4) is 0 Å². The molecule has 13 heavy (non-hydrogen) atoms. The summed E-state index contributed by atoms with van der Waals surface area (Å²) in [5, 5.41) is 0. The van der Waals surface area contributed by atoms with E-state index in [0.717, 1.165) is 0 Å². The fourth-order valence-corrected chi connectivity index (χ4v) is 0. The Kier molecular flexibility index (Phi) is 36.2. The van der Waals surface area contributed by atoms with Crippen molar-refractivity contribution in [3.05, 3.63) is 0 Å². The molecule has 0 heterocycles. The maximum Gasteiger partial charge on any atom is 0.0187 e. The minimum atomic E-state index is -0.620. The molecule has 0 atom stereocenters. The minimum absolute atomic E-state index is 0. The molecule has 0 saturated heterocycles. The van der Waals surface area contributed by atoms with Gasteiger partial charge in [-0.25, -0.2) is 0 Å². The first-order valence-electron chi connectivity index (χ1n) is 3.28. The van der Waals surface area contributed by atoms with Gasteiger partial charge in [0.1, 0.15) is 0 Å². The zero-order valence-corrected chi connectivity index (χ0v) is 14.0. The van der Waals surface area contributed by atoms with Crippen LogP contribution < -0.4 is 0 Å². The summed E-state index contributed by atoms with van der Waals surface area (Å²) < 4.78 is 0. The van der Waals surface area contributed by atoms with Crippen LogP contribution in [0, 0.1) is 0 Å². The molecule has 7 heteroatoms. The topological polar surface area (TPSA) is 60.7 Å². The van der Waals surface area contributed by atoms with Crippen LogP contribution in [-0.4, -0.2) is 54.7 Å². The van der Waals surface area contributed by atoms with Gasteiger partial charge in [0.15, 0.2) is 0 Å². The van der Waals surface area contributed by atoms with E-state index in [1.165, 1.54) is 0 Å². The molecule has 0 aromatic heterocycles. The SMILES string of the molecule is CP(C)O.CP(C)O.CP(C)O.[Pt]. The van der Waals surface area contributed by atoms with Crippen LogP contribution in [0.15, 0.2) is 0 Å². The predicted octanol–water partition coefficient (Wildman–Crippen LogP) is 1.90. The molecule has 0 fully saturated rings. The van der Waals surface area contributed by atoms with Gasteiger partial charge in [-0.2, -0.15) is 0 Å². The van der Waals surface area contributed by atoms with Gasteiger partial charge in [0.25, 0.3) is 0 Å². The Morgan fingerprint density at radius 2 is 0.538 bits per heavy atom. The van der Waals surface area contributed by atoms with E-state index >= 15 is 0 Å². The van der Waals surface area contributed by atoms with Crippen molar-refractivity contribution in [1.82, 2.24) is 0 Å². The van der Waals surface area contributed by atoms with Crippen molar-refractivity contribution in [3.8, 4) is 0 Å². The molecule has 0 rings (SSSR count). The second-order valence-electron chi connectivity index (χ2n) is 2.54. The molecule has 3 N–H and O–H groups in total.